The van der Waals surface area contributed by atoms with Crippen LogP contribution in [0.3, 0.4) is 0 Å². The van der Waals surface area contributed by atoms with E-state index >= 15 is 0 Å². The van der Waals surface area contributed by atoms with Crippen molar-refractivity contribution in [3.8, 4) is 11.3 Å². The van der Waals surface area contributed by atoms with Gasteiger partial charge >= 0.3 is 6.18 Å². The topological polar surface area (TPSA) is 68.0 Å². The van der Waals surface area contributed by atoms with Crippen molar-refractivity contribution in [3.63, 3.8) is 0 Å². The number of carbonyl (C=O) groups excluding carboxylic acids is 1. The van der Waals surface area contributed by atoms with Crippen molar-refractivity contribution in [3.05, 3.63) is 72.2 Å². The molecule has 0 aliphatic heterocycles. The molecule has 1 aromatic carbocycles. The Bertz CT molecular complexity index is 848. The highest BCUT2D eigenvalue weighted by Gasteiger charge is 2.42. The van der Waals surface area contributed by atoms with Crippen molar-refractivity contribution in [1.29, 1.82) is 0 Å². The third kappa shape index (κ3) is 3.85. The number of hydrogen-bond donors (Lipinski definition) is 1. The van der Waals surface area contributed by atoms with Gasteiger partial charge in [0.2, 0.25) is 0 Å². The molecule has 1 amide bonds. The van der Waals surface area contributed by atoms with Gasteiger partial charge in [-0.1, -0.05) is 41.6 Å². The highest BCUT2D eigenvalue weighted by molar-refractivity contribution is 5.93. The fraction of sp³-hybridized carbons (Fsp3) is 0.118. The van der Waals surface area contributed by atoms with Crippen LogP contribution in [0, 0.1) is 0 Å². The molecule has 0 radical (unpaired) electrons. The van der Waals surface area contributed by atoms with E-state index in [1.54, 1.807) is 30.3 Å². The number of nitrogens with one attached hydrogen (secondary N) is 1. The van der Waals surface area contributed by atoms with Crippen LogP contribution in [0.1, 0.15) is 22.1 Å². The molecule has 3 rings (SSSR count). The maximum Gasteiger partial charge on any atom is 0.412 e. The summed E-state index contributed by atoms with van der Waals surface area (Å²) in [6.45, 7) is 0. The lowest BCUT2D eigenvalue weighted by Gasteiger charge is -2.21. The molecule has 2 aromatic heterocycles. The van der Waals surface area contributed by atoms with Gasteiger partial charge in [0.15, 0.2) is 17.5 Å². The van der Waals surface area contributed by atoms with Gasteiger partial charge in [-0.15, -0.1) is 0 Å². The van der Waals surface area contributed by atoms with Gasteiger partial charge in [-0.25, -0.2) is 0 Å². The van der Waals surface area contributed by atoms with Gasteiger partial charge in [0.05, 0.1) is 0 Å². The summed E-state index contributed by atoms with van der Waals surface area (Å²) in [5.41, 5.74) is 0.251. The number of rotatable bonds is 4. The molecule has 128 valence electrons. The van der Waals surface area contributed by atoms with Crippen molar-refractivity contribution in [2.45, 2.75) is 12.2 Å². The molecule has 3 aromatic rings. The minimum atomic E-state index is -4.68. The van der Waals surface area contributed by atoms with Crippen LogP contribution in [0.5, 0.6) is 0 Å². The number of halogens is 3. The van der Waals surface area contributed by atoms with Gasteiger partial charge in [0.25, 0.3) is 5.91 Å². The molecular weight excluding hydrogens is 335 g/mol. The number of aromatic nitrogens is 2. The lowest BCUT2D eigenvalue weighted by atomic mass is 10.1. The van der Waals surface area contributed by atoms with E-state index in [0.717, 1.165) is 6.20 Å². The van der Waals surface area contributed by atoms with Gasteiger partial charge in [-0.2, -0.15) is 13.2 Å². The Labute approximate surface area is 140 Å². The van der Waals surface area contributed by atoms with E-state index in [2.05, 4.69) is 10.1 Å². The Balaban J connectivity index is 1.82. The number of benzene rings is 1. The number of nitrogens with zero attached hydrogens (tertiary/aromatic N) is 2. The Morgan fingerprint density at radius 1 is 1.12 bits per heavy atom. The second-order valence-corrected chi connectivity index (χ2v) is 5.18. The lowest BCUT2D eigenvalue weighted by molar-refractivity contribution is -0.155. The quantitative estimate of drug-likeness (QED) is 0.780. The number of carbonyl (C=O) groups is 1. The van der Waals surface area contributed by atoms with Crippen molar-refractivity contribution < 1.29 is 22.5 Å². The third-order valence-electron chi connectivity index (χ3n) is 3.42. The van der Waals surface area contributed by atoms with E-state index in [1.165, 1.54) is 24.4 Å². The van der Waals surface area contributed by atoms with Crippen LogP contribution >= 0.6 is 0 Å². The Morgan fingerprint density at radius 2 is 1.88 bits per heavy atom. The molecule has 1 atom stereocenters. The van der Waals surface area contributed by atoms with Gasteiger partial charge in [0, 0.05) is 29.6 Å². The smallest absolute Gasteiger partial charge is 0.355 e. The fourth-order valence-corrected chi connectivity index (χ4v) is 2.23. The van der Waals surface area contributed by atoms with Crippen molar-refractivity contribution in [1.82, 2.24) is 15.5 Å². The molecule has 5 nitrogen and oxygen atoms in total. The number of hydrogen-bond acceptors (Lipinski definition) is 4. The lowest BCUT2D eigenvalue weighted by Crippen LogP contribution is -2.38. The largest absolute Gasteiger partial charge is 0.412 e. The van der Waals surface area contributed by atoms with Crippen LogP contribution < -0.4 is 5.32 Å². The predicted octanol–water partition coefficient (Wildman–Crippen LogP) is 3.77. The van der Waals surface area contributed by atoms with Crippen LogP contribution in [-0.2, 0) is 0 Å². The first-order valence-electron chi connectivity index (χ1n) is 7.25. The molecule has 0 fully saturated rings. The van der Waals surface area contributed by atoms with Gasteiger partial charge < -0.3 is 9.84 Å². The summed E-state index contributed by atoms with van der Waals surface area (Å²) in [5, 5.41) is 5.48. The SMILES string of the molecule is O=C(NC(c1cccnc1)C(F)(F)F)c1cc(-c2ccccc2)on1. The van der Waals surface area contributed by atoms with Gasteiger partial charge in [-0.05, 0) is 6.07 Å². The molecule has 1 unspecified atom stereocenters. The summed E-state index contributed by atoms with van der Waals surface area (Å²) in [6, 6.07) is 10.5. The van der Waals surface area contributed by atoms with Crippen LogP contribution in [0.25, 0.3) is 11.3 Å². The van der Waals surface area contributed by atoms with Gasteiger partial charge in [0.1, 0.15) is 0 Å². The molecule has 8 heteroatoms. The molecule has 0 bridgehead atoms. The van der Waals surface area contributed by atoms with Crippen LogP contribution in [-0.4, -0.2) is 22.2 Å². The Hall–Kier alpha value is -3.16. The zero-order valence-corrected chi connectivity index (χ0v) is 12.7. The molecule has 0 saturated heterocycles. The first kappa shape index (κ1) is 16.7. The molecule has 0 aliphatic carbocycles. The highest BCUT2D eigenvalue weighted by Crippen LogP contribution is 2.32. The minimum Gasteiger partial charge on any atom is -0.355 e. The molecule has 0 saturated carbocycles. The Morgan fingerprint density at radius 3 is 2.52 bits per heavy atom. The third-order valence-corrected chi connectivity index (χ3v) is 3.42. The highest BCUT2D eigenvalue weighted by atomic mass is 19.4. The number of pyridine rings is 1. The van der Waals surface area contributed by atoms with Gasteiger partial charge in [-0.3, -0.25) is 9.78 Å². The maximum atomic E-state index is 13.3. The van der Waals surface area contributed by atoms with E-state index in [-0.39, 0.29) is 17.0 Å². The first-order chi connectivity index (χ1) is 11.9. The van der Waals surface area contributed by atoms with E-state index in [0.29, 0.717) is 5.56 Å². The van der Waals surface area contributed by atoms with Crippen molar-refractivity contribution >= 4 is 5.91 Å². The van der Waals surface area contributed by atoms with E-state index in [1.807, 2.05) is 5.32 Å². The summed E-state index contributed by atoms with van der Waals surface area (Å²) in [6.07, 6.45) is -2.27. The first-order valence-corrected chi connectivity index (χ1v) is 7.25. The monoisotopic (exact) mass is 347 g/mol. The van der Waals surface area contributed by atoms with Crippen molar-refractivity contribution in [2.24, 2.45) is 0 Å². The van der Waals surface area contributed by atoms with E-state index < -0.39 is 18.1 Å². The minimum absolute atomic E-state index is 0.171. The molecule has 0 aliphatic rings. The predicted molar refractivity (Wildman–Crippen MR) is 82.4 cm³/mol. The Kier molecular flexibility index (Phi) is 4.51. The molecular formula is C17H12F3N3O2. The van der Waals surface area contributed by atoms with E-state index in [9.17, 15) is 18.0 Å². The van der Waals surface area contributed by atoms with Crippen LogP contribution in [0.2, 0.25) is 0 Å². The average Bonchev–Trinajstić information content (AvgIpc) is 3.10. The standard InChI is InChI=1S/C17H12F3N3O2/c18-17(19,20)15(12-7-4-8-21-10-12)22-16(24)13-9-14(25-23-13)11-5-2-1-3-6-11/h1-10,15H,(H,22,24). The second kappa shape index (κ2) is 6.76. The number of amides is 1. The van der Waals surface area contributed by atoms with Crippen molar-refractivity contribution in [2.75, 3.05) is 0 Å². The molecule has 0 spiro atoms. The summed E-state index contributed by atoms with van der Waals surface area (Å²) in [7, 11) is 0. The molecule has 25 heavy (non-hydrogen) atoms. The summed E-state index contributed by atoms with van der Waals surface area (Å²) in [4.78, 5) is 15.8. The van der Waals surface area contributed by atoms with E-state index in [4.69, 9.17) is 4.52 Å². The molecule has 2 heterocycles. The maximum absolute atomic E-state index is 13.3. The average molecular weight is 347 g/mol. The van der Waals surface area contributed by atoms with Crippen LogP contribution in [0.15, 0.2) is 65.4 Å². The summed E-state index contributed by atoms with van der Waals surface area (Å²) < 4.78 is 44.8. The zero-order valence-electron chi connectivity index (χ0n) is 12.7. The second-order valence-electron chi connectivity index (χ2n) is 5.18. The fourth-order valence-electron chi connectivity index (χ4n) is 2.23. The summed E-state index contributed by atoms with van der Waals surface area (Å²) in [5.74, 6) is -0.701. The number of alkyl halides is 3. The normalized spacial score (nSPS) is 12.6. The molecule has 1 N–H and O–H groups in total. The summed E-state index contributed by atoms with van der Waals surface area (Å²) >= 11 is 0. The van der Waals surface area contributed by atoms with Crippen LogP contribution in [0.4, 0.5) is 13.2 Å². The zero-order chi connectivity index (χ0) is 17.9.